The molecule has 0 aliphatic heterocycles. The van der Waals surface area contributed by atoms with Gasteiger partial charge in [-0.3, -0.25) is 9.59 Å². The topological polar surface area (TPSA) is 88.8 Å². The van der Waals surface area contributed by atoms with Crippen molar-refractivity contribution in [2.75, 3.05) is 32.6 Å². The standard InChI is InChI=1S/C19H22N2O5S/c1-5-25-19(24)16-12(2)17(14(22)11-21(3)4)27-18(16)20-15(23)9-8-13-7-6-10-26-13/h6-10H,5,11H2,1-4H3,(H,20,23)/b9-8+. The number of nitrogens with one attached hydrogen (secondary N) is 1. The Balaban J connectivity index is 2.30. The van der Waals surface area contributed by atoms with Crippen LogP contribution in [0, 0.1) is 6.92 Å². The van der Waals surface area contributed by atoms with E-state index < -0.39 is 11.9 Å². The van der Waals surface area contributed by atoms with Gasteiger partial charge in [0.1, 0.15) is 10.8 Å². The molecule has 0 saturated carbocycles. The van der Waals surface area contributed by atoms with Gasteiger partial charge in [0.25, 0.3) is 0 Å². The first-order valence-electron chi connectivity index (χ1n) is 8.34. The summed E-state index contributed by atoms with van der Waals surface area (Å²) in [7, 11) is 3.57. The van der Waals surface area contributed by atoms with Crippen LogP contribution in [-0.4, -0.2) is 49.8 Å². The van der Waals surface area contributed by atoms with E-state index in [9.17, 15) is 14.4 Å². The van der Waals surface area contributed by atoms with Gasteiger partial charge in [0.15, 0.2) is 5.78 Å². The van der Waals surface area contributed by atoms with Gasteiger partial charge >= 0.3 is 5.97 Å². The van der Waals surface area contributed by atoms with E-state index in [1.54, 1.807) is 45.0 Å². The lowest BCUT2D eigenvalue weighted by Gasteiger charge is -2.07. The van der Waals surface area contributed by atoms with Crippen molar-refractivity contribution in [2.45, 2.75) is 13.8 Å². The second kappa shape index (κ2) is 9.29. The molecular weight excluding hydrogens is 368 g/mol. The molecule has 1 amide bonds. The Bertz CT molecular complexity index is 850. The van der Waals surface area contributed by atoms with E-state index in [4.69, 9.17) is 9.15 Å². The summed E-state index contributed by atoms with van der Waals surface area (Å²) in [5.74, 6) is -0.607. The quantitative estimate of drug-likeness (QED) is 0.423. The van der Waals surface area contributed by atoms with Crippen LogP contribution in [0.1, 0.15) is 38.3 Å². The van der Waals surface area contributed by atoms with Crippen molar-refractivity contribution in [3.63, 3.8) is 0 Å². The van der Waals surface area contributed by atoms with Gasteiger partial charge in [-0.2, -0.15) is 0 Å². The normalized spacial score (nSPS) is 11.1. The molecule has 2 aromatic heterocycles. The highest BCUT2D eigenvalue weighted by Crippen LogP contribution is 2.34. The number of furan rings is 1. The van der Waals surface area contributed by atoms with Crippen molar-refractivity contribution < 1.29 is 23.5 Å². The third-order valence-electron chi connectivity index (χ3n) is 3.52. The predicted molar refractivity (Wildman–Crippen MR) is 104 cm³/mol. The molecule has 0 unspecified atom stereocenters. The lowest BCUT2D eigenvalue weighted by molar-refractivity contribution is -0.111. The highest BCUT2D eigenvalue weighted by Gasteiger charge is 2.26. The number of carbonyl (C=O) groups is 3. The second-order valence-corrected chi connectivity index (χ2v) is 7.00. The number of hydrogen-bond donors (Lipinski definition) is 1. The van der Waals surface area contributed by atoms with Crippen molar-refractivity contribution in [3.05, 3.63) is 46.2 Å². The fourth-order valence-corrected chi connectivity index (χ4v) is 3.50. The predicted octanol–water partition coefficient (Wildman–Crippen LogP) is 3.22. The summed E-state index contributed by atoms with van der Waals surface area (Å²) < 4.78 is 10.2. The van der Waals surface area contributed by atoms with Gasteiger partial charge in [-0.1, -0.05) is 0 Å². The Morgan fingerprint density at radius 2 is 2.07 bits per heavy atom. The summed E-state index contributed by atoms with van der Waals surface area (Å²) in [4.78, 5) is 39.2. The number of nitrogens with zero attached hydrogens (tertiary/aromatic N) is 1. The van der Waals surface area contributed by atoms with Crippen LogP contribution in [0.2, 0.25) is 0 Å². The molecule has 8 heteroatoms. The number of rotatable bonds is 8. The van der Waals surface area contributed by atoms with Gasteiger partial charge in [0.05, 0.1) is 29.9 Å². The summed E-state index contributed by atoms with van der Waals surface area (Å²) in [5.41, 5.74) is 0.722. The van der Waals surface area contributed by atoms with E-state index in [1.165, 1.54) is 18.4 Å². The highest BCUT2D eigenvalue weighted by molar-refractivity contribution is 7.18. The minimum absolute atomic E-state index is 0.125. The van der Waals surface area contributed by atoms with Crippen LogP contribution in [0.3, 0.4) is 0 Å². The first-order chi connectivity index (χ1) is 12.8. The van der Waals surface area contributed by atoms with Gasteiger partial charge in [-0.15, -0.1) is 11.3 Å². The third kappa shape index (κ3) is 5.38. The Hall–Kier alpha value is -2.71. The minimum atomic E-state index is -0.569. The monoisotopic (exact) mass is 390 g/mol. The van der Waals surface area contributed by atoms with Crippen LogP contribution in [0.4, 0.5) is 5.00 Å². The number of ether oxygens (including phenoxy) is 1. The summed E-state index contributed by atoms with van der Waals surface area (Å²) in [6, 6.07) is 3.42. The van der Waals surface area contributed by atoms with Gasteiger partial charge in [-0.25, -0.2) is 4.79 Å². The lowest BCUT2D eigenvalue weighted by atomic mass is 10.1. The van der Waals surface area contributed by atoms with Crippen LogP contribution >= 0.6 is 11.3 Å². The lowest BCUT2D eigenvalue weighted by Crippen LogP contribution is -2.21. The molecule has 2 aromatic rings. The SMILES string of the molecule is CCOC(=O)c1c(NC(=O)/C=C/c2ccco2)sc(C(=O)CN(C)C)c1C. The Morgan fingerprint density at radius 1 is 1.33 bits per heavy atom. The van der Waals surface area contributed by atoms with Crippen LogP contribution in [-0.2, 0) is 9.53 Å². The maximum absolute atomic E-state index is 12.5. The number of hydrogen-bond acceptors (Lipinski definition) is 7. The summed E-state index contributed by atoms with van der Waals surface area (Å²) in [6.45, 7) is 3.78. The highest BCUT2D eigenvalue weighted by atomic mass is 32.1. The number of amides is 1. The van der Waals surface area contributed by atoms with Crippen LogP contribution in [0.5, 0.6) is 0 Å². The summed E-state index contributed by atoms with van der Waals surface area (Å²) in [5, 5.41) is 2.96. The maximum atomic E-state index is 12.5. The largest absolute Gasteiger partial charge is 0.465 e. The second-order valence-electron chi connectivity index (χ2n) is 5.98. The first kappa shape index (κ1) is 20.6. The van der Waals surface area contributed by atoms with Gasteiger partial charge < -0.3 is 19.4 Å². The molecule has 1 N–H and O–H groups in total. The fraction of sp³-hybridized carbons (Fsp3) is 0.316. The number of anilines is 1. The van der Waals surface area contributed by atoms with Gasteiger partial charge in [0, 0.05) is 6.08 Å². The molecule has 2 rings (SSSR count). The molecule has 2 heterocycles. The van der Waals surface area contributed by atoms with E-state index >= 15 is 0 Å². The summed E-state index contributed by atoms with van der Waals surface area (Å²) >= 11 is 1.08. The molecule has 27 heavy (non-hydrogen) atoms. The van der Waals surface area contributed by atoms with Gasteiger partial charge in [-0.05, 0) is 51.7 Å². The Morgan fingerprint density at radius 3 is 2.67 bits per heavy atom. The minimum Gasteiger partial charge on any atom is -0.465 e. The average Bonchev–Trinajstić information content (AvgIpc) is 3.20. The number of likely N-dealkylation sites (N-methyl/N-ethyl adjacent to an activating group) is 1. The molecule has 0 atom stereocenters. The van der Waals surface area contributed by atoms with Crippen molar-refractivity contribution >= 4 is 40.1 Å². The molecule has 0 aliphatic rings. The zero-order chi connectivity index (χ0) is 20.0. The zero-order valence-corrected chi connectivity index (χ0v) is 16.5. The number of carbonyl (C=O) groups excluding carboxylic acids is 3. The molecule has 144 valence electrons. The number of Topliss-reactive ketones (excluding diaryl/α,β-unsaturated/α-hetero) is 1. The molecule has 7 nitrogen and oxygen atoms in total. The van der Waals surface area contributed by atoms with Crippen molar-refractivity contribution in [2.24, 2.45) is 0 Å². The summed E-state index contributed by atoms with van der Waals surface area (Å²) in [6.07, 6.45) is 4.31. The molecular formula is C19H22N2O5S. The average molecular weight is 390 g/mol. The smallest absolute Gasteiger partial charge is 0.341 e. The van der Waals surface area contributed by atoms with E-state index in [0.717, 1.165) is 11.3 Å². The van der Waals surface area contributed by atoms with Crippen molar-refractivity contribution in [1.82, 2.24) is 4.90 Å². The first-order valence-corrected chi connectivity index (χ1v) is 9.16. The van der Waals surface area contributed by atoms with E-state index in [2.05, 4.69) is 5.32 Å². The van der Waals surface area contributed by atoms with E-state index in [1.807, 2.05) is 0 Å². The maximum Gasteiger partial charge on any atom is 0.341 e. The number of esters is 1. The fourth-order valence-electron chi connectivity index (χ4n) is 2.37. The van der Waals surface area contributed by atoms with Crippen molar-refractivity contribution in [3.8, 4) is 0 Å². The third-order valence-corrected chi connectivity index (χ3v) is 4.77. The van der Waals surface area contributed by atoms with E-state index in [-0.39, 0.29) is 24.5 Å². The van der Waals surface area contributed by atoms with Crippen LogP contribution in [0.15, 0.2) is 28.9 Å². The van der Waals surface area contributed by atoms with Gasteiger partial charge in [0.2, 0.25) is 5.91 Å². The molecule has 0 spiro atoms. The van der Waals surface area contributed by atoms with Crippen LogP contribution in [0.25, 0.3) is 6.08 Å². The molecule has 0 bridgehead atoms. The Kier molecular flexibility index (Phi) is 7.09. The molecule has 0 radical (unpaired) electrons. The Labute approximate surface area is 161 Å². The molecule has 0 aromatic carbocycles. The number of ketones is 1. The van der Waals surface area contributed by atoms with E-state index in [0.29, 0.717) is 21.2 Å². The zero-order valence-electron chi connectivity index (χ0n) is 15.7. The number of thiophene rings is 1. The van der Waals surface area contributed by atoms with Crippen molar-refractivity contribution in [1.29, 1.82) is 0 Å². The molecule has 0 saturated heterocycles. The van der Waals surface area contributed by atoms with Crippen LogP contribution < -0.4 is 5.32 Å². The molecule has 0 fully saturated rings. The molecule has 0 aliphatic carbocycles.